The van der Waals surface area contributed by atoms with Crippen LogP contribution in [0, 0.1) is 5.82 Å². The summed E-state index contributed by atoms with van der Waals surface area (Å²) >= 11 is 0. The summed E-state index contributed by atoms with van der Waals surface area (Å²) in [6.45, 7) is 1.75. The van der Waals surface area contributed by atoms with Crippen molar-refractivity contribution in [1.82, 2.24) is 5.32 Å². The Morgan fingerprint density at radius 1 is 0.897 bits per heavy atom. The molecule has 0 saturated heterocycles. The molecule has 5 nitrogen and oxygen atoms in total. The second-order valence-corrected chi connectivity index (χ2v) is 6.60. The van der Waals surface area contributed by atoms with Gasteiger partial charge in [-0.05, 0) is 53.6 Å². The van der Waals surface area contributed by atoms with Crippen molar-refractivity contribution in [2.45, 2.75) is 13.2 Å². The number of nitrogens with one attached hydrogen (secondary N) is 1. The lowest BCUT2D eigenvalue weighted by molar-refractivity contribution is 0.0949. The second-order valence-electron chi connectivity index (χ2n) is 6.60. The number of fused-ring (bicyclic) bond motifs is 1. The number of rotatable bonds is 6. The molecule has 0 unspecified atom stereocenters. The van der Waals surface area contributed by atoms with Gasteiger partial charge in [0.1, 0.15) is 31.4 Å². The van der Waals surface area contributed by atoms with Gasteiger partial charge in [-0.25, -0.2) is 4.39 Å². The Morgan fingerprint density at radius 3 is 2.34 bits per heavy atom. The van der Waals surface area contributed by atoms with Gasteiger partial charge in [0.2, 0.25) is 0 Å². The van der Waals surface area contributed by atoms with Crippen molar-refractivity contribution in [3.63, 3.8) is 0 Å². The highest BCUT2D eigenvalue weighted by Crippen LogP contribution is 2.30. The van der Waals surface area contributed by atoms with Gasteiger partial charge in [-0.1, -0.05) is 24.3 Å². The average molecular weight is 393 g/mol. The van der Waals surface area contributed by atoms with Crippen LogP contribution < -0.4 is 19.5 Å². The van der Waals surface area contributed by atoms with Gasteiger partial charge in [0.25, 0.3) is 5.91 Å². The zero-order valence-electron chi connectivity index (χ0n) is 15.7. The first-order valence-corrected chi connectivity index (χ1v) is 9.31. The van der Waals surface area contributed by atoms with E-state index in [1.54, 1.807) is 30.3 Å². The van der Waals surface area contributed by atoms with Crippen LogP contribution in [-0.2, 0) is 13.2 Å². The van der Waals surface area contributed by atoms with Crippen LogP contribution in [0.2, 0.25) is 0 Å². The first-order valence-electron chi connectivity index (χ1n) is 9.31. The Morgan fingerprint density at radius 2 is 1.59 bits per heavy atom. The van der Waals surface area contributed by atoms with Crippen LogP contribution in [0.25, 0.3) is 0 Å². The summed E-state index contributed by atoms with van der Waals surface area (Å²) in [6, 6.07) is 18.8. The van der Waals surface area contributed by atoms with Gasteiger partial charge >= 0.3 is 0 Å². The Balaban J connectivity index is 1.29. The summed E-state index contributed by atoms with van der Waals surface area (Å²) in [5.74, 6) is 1.50. The van der Waals surface area contributed by atoms with Crippen LogP contribution >= 0.6 is 0 Å². The average Bonchev–Trinajstić information content (AvgIpc) is 2.77. The maximum Gasteiger partial charge on any atom is 0.251 e. The van der Waals surface area contributed by atoms with E-state index >= 15 is 0 Å². The number of hydrogen-bond acceptors (Lipinski definition) is 4. The highest BCUT2D eigenvalue weighted by Gasteiger charge is 2.14. The summed E-state index contributed by atoms with van der Waals surface area (Å²) in [5.41, 5.74) is 2.36. The molecule has 0 aliphatic carbocycles. The van der Waals surface area contributed by atoms with Crippen LogP contribution in [-0.4, -0.2) is 19.1 Å². The normalized spacial score (nSPS) is 12.3. The smallest absolute Gasteiger partial charge is 0.251 e. The fourth-order valence-electron chi connectivity index (χ4n) is 2.92. The van der Waals surface area contributed by atoms with E-state index < -0.39 is 0 Å². The van der Waals surface area contributed by atoms with Gasteiger partial charge in [0.15, 0.2) is 11.5 Å². The Hall–Kier alpha value is -3.54. The predicted molar refractivity (Wildman–Crippen MR) is 106 cm³/mol. The van der Waals surface area contributed by atoms with Crippen LogP contribution in [0.1, 0.15) is 21.5 Å². The van der Waals surface area contributed by atoms with Crippen molar-refractivity contribution in [3.05, 3.63) is 89.2 Å². The largest absolute Gasteiger partial charge is 0.489 e. The van der Waals surface area contributed by atoms with Crippen molar-refractivity contribution in [1.29, 1.82) is 0 Å². The monoisotopic (exact) mass is 393 g/mol. The third-order valence-corrected chi connectivity index (χ3v) is 4.50. The molecule has 0 atom stereocenters. The molecule has 4 rings (SSSR count). The molecule has 1 N–H and O–H groups in total. The molecule has 1 heterocycles. The van der Waals surface area contributed by atoms with Gasteiger partial charge < -0.3 is 19.5 Å². The number of carbonyl (C=O) groups excluding carboxylic acids is 1. The lowest BCUT2D eigenvalue weighted by atomic mass is 10.1. The molecule has 0 fully saturated rings. The number of benzene rings is 3. The van der Waals surface area contributed by atoms with Crippen LogP contribution in [0.4, 0.5) is 4.39 Å². The fourth-order valence-corrected chi connectivity index (χ4v) is 2.92. The third-order valence-electron chi connectivity index (χ3n) is 4.50. The topological polar surface area (TPSA) is 56.8 Å². The minimum absolute atomic E-state index is 0.182. The molecule has 29 heavy (non-hydrogen) atoms. The number of amides is 1. The summed E-state index contributed by atoms with van der Waals surface area (Å²) in [6.07, 6.45) is 0. The Kier molecular flexibility index (Phi) is 5.61. The molecule has 1 amide bonds. The number of hydrogen-bond donors (Lipinski definition) is 1. The van der Waals surface area contributed by atoms with Crippen molar-refractivity contribution in [2.24, 2.45) is 0 Å². The summed E-state index contributed by atoms with van der Waals surface area (Å²) in [4.78, 5) is 12.4. The molecule has 0 saturated carbocycles. The minimum atomic E-state index is -0.267. The maximum absolute atomic E-state index is 12.9. The molecule has 0 bridgehead atoms. The zero-order chi connectivity index (χ0) is 20.1. The Labute approximate surface area is 168 Å². The molecule has 0 radical (unpaired) electrons. The van der Waals surface area contributed by atoms with Crippen molar-refractivity contribution in [2.75, 3.05) is 13.2 Å². The standard InChI is InChI=1S/C23H20FNO4/c24-19-6-1-17(2-7-19)15-29-20-8-3-16(4-9-20)14-25-23(26)18-5-10-21-22(13-18)28-12-11-27-21/h1-10,13H,11-12,14-15H2,(H,25,26). The van der Waals surface area contributed by atoms with E-state index in [2.05, 4.69) is 5.32 Å². The highest BCUT2D eigenvalue weighted by molar-refractivity contribution is 5.94. The van der Waals surface area contributed by atoms with Crippen molar-refractivity contribution >= 4 is 5.91 Å². The molecule has 3 aromatic rings. The van der Waals surface area contributed by atoms with Crippen molar-refractivity contribution in [3.8, 4) is 17.2 Å². The summed E-state index contributed by atoms with van der Waals surface area (Å²) in [5, 5.41) is 2.89. The van der Waals surface area contributed by atoms with Crippen LogP contribution in [0.15, 0.2) is 66.7 Å². The van der Waals surface area contributed by atoms with Gasteiger partial charge in [0, 0.05) is 12.1 Å². The van der Waals surface area contributed by atoms with Gasteiger partial charge in [0.05, 0.1) is 0 Å². The van der Waals surface area contributed by atoms with Crippen LogP contribution in [0.3, 0.4) is 0 Å². The van der Waals surface area contributed by atoms with Gasteiger partial charge in [-0.2, -0.15) is 0 Å². The molecule has 148 valence electrons. The number of halogens is 1. The predicted octanol–water partition coefficient (Wildman–Crippen LogP) is 4.11. The lowest BCUT2D eigenvalue weighted by Gasteiger charge is -2.18. The number of carbonyl (C=O) groups is 1. The molecule has 0 spiro atoms. The molecule has 6 heteroatoms. The van der Waals surface area contributed by atoms with Crippen molar-refractivity contribution < 1.29 is 23.4 Å². The molecular weight excluding hydrogens is 373 g/mol. The van der Waals surface area contributed by atoms with E-state index in [9.17, 15) is 9.18 Å². The maximum atomic E-state index is 12.9. The molecule has 0 aromatic heterocycles. The minimum Gasteiger partial charge on any atom is -0.489 e. The van der Waals surface area contributed by atoms with Gasteiger partial charge in [-0.15, -0.1) is 0 Å². The zero-order valence-corrected chi connectivity index (χ0v) is 15.7. The number of ether oxygens (including phenoxy) is 3. The molecule has 1 aliphatic rings. The van der Waals surface area contributed by atoms with Gasteiger partial charge in [-0.3, -0.25) is 4.79 Å². The first kappa shape index (κ1) is 18.8. The van der Waals surface area contributed by atoms with E-state index in [4.69, 9.17) is 14.2 Å². The molecule has 3 aromatic carbocycles. The first-order chi connectivity index (χ1) is 14.2. The molecule has 1 aliphatic heterocycles. The third kappa shape index (κ3) is 4.85. The lowest BCUT2D eigenvalue weighted by Crippen LogP contribution is -2.23. The second kappa shape index (κ2) is 8.65. The van der Waals surface area contributed by atoms with E-state index in [1.807, 2.05) is 24.3 Å². The van der Waals surface area contributed by atoms with E-state index in [0.29, 0.717) is 49.2 Å². The quantitative estimate of drug-likeness (QED) is 0.685. The Bertz CT molecular complexity index is 987. The molecular formula is C23H20FNO4. The van der Waals surface area contributed by atoms with E-state index in [-0.39, 0.29) is 11.7 Å². The van der Waals surface area contributed by atoms with E-state index in [1.165, 1.54) is 12.1 Å². The fraction of sp³-hybridized carbons (Fsp3) is 0.174. The highest BCUT2D eigenvalue weighted by atomic mass is 19.1. The van der Waals surface area contributed by atoms with E-state index in [0.717, 1.165) is 11.1 Å². The van der Waals surface area contributed by atoms with Crippen LogP contribution in [0.5, 0.6) is 17.2 Å². The summed E-state index contributed by atoms with van der Waals surface area (Å²) < 4.78 is 29.6. The SMILES string of the molecule is O=C(NCc1ccc(OCc2ccc(F)cc2)cc1)c1ccc2c(c1)OCCO2. The summed E-state index contributed by atoms with van der Waals surface area (Å²) in [7, 11) is 0.